The van der Waals surface area contributed by atoms with Crippen molar-refractivity contribution in [3.05, 3.63) is 65.5 Å². The van der Waals surface area contributed by atoms with E-state index in [0.29, 0.717) is 18.4 Å². The van der Waals surface area contributed by atoms with E-state index in [4.69, 9.17) is 14.2 Å². The topological polar surface area (TPSA) is 113 Å². The van der Waals surface area contributed by atoms with E-state index in [9.17, 15) is 24.0 Å². The van der Waals surface area contributed by atoms with Crippen molar-refractivity contribution in [3.63, 3.8) is 0 Å². The summed E-state index contributed by atoms with van der Waals surface area (Å²) in [5, 5.41) is 0.962. The van der Waals surface area contributed by atoms with Crippen LogP contribution in [0.5, 0.6) is 0 Å². The minimum atomic E-state index is -2.24. The Kier molecular flexibility index (Phi) is 7.54. The zero-order valence-electron chi connectivity index (χ0n) is 25.0. The molecular weight excluding hydrogens is 552 g/mol. The lowest BCUT2D eigenvalue weighted by Gasteiger charge is -2.59. The molecule has 0 radical (unpaired) electrons. The number of benzene rings is 1. The number of carbonyl (C=O) groups is 5. The van der Waals surface area contributed by atoms with Crippen molar-refractivity contribution in [2.75, 3.05) is 0 Å². The summed E-state index contributed by atoms with van der Waals surface area (Å²) in [4.78, 5) is 65.5. The number of esters is 3. The first kappa shape index (κ1) is 29.9. The minimum Gasteiger partial charge on any atom is -0.458 e. The molecule has 42 heavy (non-hydrogen) atoms. The Morgan fingerprint density at radius 2 is 1.64 bits per heavy atom. The largest absolute Gasteiger partial charge is 0.458 e. The number of carbonyl (C=O) groups excluding carboxylic acids is 5. The molecule has 1 fully saturated rings. The van der Waals surface area contributed by atoms with Crippen LogP contribution < -0.4 is 5.19 Å². The summed E-state index contributed by atoms with van der Waals surface area (Å²) < 4.78 is 17.6. The van der Waals surface area contributed by atoms with E-state index in [2.05, 4.69) is 32.2 Å². The molecular formula is C33H38O8Si. The van der Waals surface area contributed by atoms with Crippen LogP contribution in [0.25, 0.3) is 0 Å². The van der Waals surface area contributed by atoms with Gasteiger partial charge in [-0.2, -0.15) is 0 Å². The van der Waals surface area contributed by atoms with Crippen molar-refractivity contribution in [1.29, 1.82) is 0 Å². The molecule has 0 bridgehead atoms. The number of allylic oxidation sites excluding steroid dienone is 4. The molecule has 9 heteroatoms. The highest BCUT2D eigenvalue weighted by atomic mass is 28.3. The van der Waals surface area contributed by atoms with Crippen LogP contribution in [-0.4, -0.2) is 49.3 Å². The van der Waals surface area contributed by atoms with Crippen LogP contribution in [0.15, 0.2) is 65.5 Å². The summed E-state index contributed by atoms with van der Waals surface area (Å²) in [5.74, 6) is -4.54. The van der Waals surface area contributed by atoms with Crippen LogP contribution in [0, 0.1) is 17.8 Å². The summed E-state index contributed by atoms with van der Waals surface area (Å²) in [7, 11) is -2.24. The first-order chi connectivity index (χ1) is 19.7. The van der Waals surface area contributed by atoms with Crippen LogP contribution in [0.2, 0.25) is 18.1 Å². The van der Waals surface area contributed by atoms with Gasteiger partial charge in [0.1, 0.15) is 11.9 Å². The fourth-order valence-corrected chi connectivity index (χ4v) is 11.0. The Labute approximate surface area is 247 Å². The number of rotatable bonds is 5. The highest BCUT2D eigenvalue weighted by molar-refractivity contribution is 6.92. The number of ketones is 2. The molecule has 0 heterocycles. The molecule has 4 aliphatic carbocycles. The SMILES string of the molecule is CC(=O)OC1=CC=CC2C(=O)C3=C(CC(OC(C)=O)C4(OC(C)=O)CC(C)([Si](C)(C)c5ccccc5)CCC34)C(=O)C12. The van der Waals surface area contributed by atoms with Crippen molar-refractivity contribution in [3.8, 4) is 0 Å². The van der Waals surface area contributed by atoms with E-state index in [-0.39, 0.29) is 34.4 Å². The Morgan fingerprint density at radius 1 is 0.952 bits per heavy atom. The fraction of sp³-hybridized carbons (Fsp3) is 0.485. The van der Waals surface area contributed by atoms with Crippen LogP contribution in [0.3, 0.4) is 0 Å². The summed E-state index contributed by atoms with van der Waals surface area (Å²) in [6, 6.07) is 10.3. The Morgan fingerprint density at radius 3 is 2.26 bits per heavy atom. The average molecular weight is 591 g/mol. The van der Waals surface area contributed by atoms with Gasteiger partial charge in [0.15, 0.2) is 17.2 Å². The lowest BCUT2D eigenvalue weighted by Crippen LogP contribution is -2.66. The molecule has 222 valence electrons. The second-order valence-corrected chi connectivity index (χ2v) is 17.9. The van der Waals surface area contributed by atoms with E-state index < -0.39 is 55.4 Å². The fourth-order valence-electron chi connectivity index (χ4n) is 7.83. The van der Waals surface area contributed by atoms with Crippen molar-refractivity contribution < 1.29 is 38.2 Å². The van der Waals surface area contributed by atoms with E-state index in [1.54, 1.807) is 12.2 Å². The van der Waals surface area contributed by atoms with Crippen LogP contribution >= 0.6 is 0 Å². The molecule has 1 aromatic carbocycles. The normalized spacial score (nSPS) is 32.2. The van der Waals surface area contributed by atoms with Crippen molar-refractivity contribution in [1.82, 2.24) is 0 Å². The van der Waals surface area contributed by atoms with E-state index in [0.717, 1.165) is 6.42 Å². The minimum absolute atomic E-state index is 0.0625. The van der Waals surface area contributed by atoms with Crippen molar-refractivity contribution in [2.24, 2.45) is 17.8 Å². The zero-order chi connectivity index (χ0) is 30.6. The molecule has 0 amide bonds. The second-order valence-electron chi connectivity index (χ2n) is 12.8. The molecule has 1 aromatic rings. The van der Waals surface area contributed by atoms with Gasteiger partial charge in [0.25, 0.3) is 0 Å². The number of Topliss-reactive ketones (excluding diaryl/α,β-unsaturated/α-hetero) is 2. The van der Waals surface area contributed by atoms with Gasteiger partial charge < -0.3 is 14.2 Å². The van der Waals surface area contributed by atoms with Gasteiger partial charge in [-0.3, -0.25) is 24.0 Å². The summed E-state index contributed by atoms with van der Waals surface area (Å²) in [6.45, 7) is 10.7. The third kappa shape index (κ3) is 4.71. The molecule has 4 aliphatic rings. The molecule has 1 saturated carbocycles. The molecule has 5 rings (SSSR count). The third-order valence-electron chi connectivity index (χ3n) is 10.1. The lowest BCUT2D eigenvalue weighted by atomic mass is 9.55. The third-order valence-corrected chi connectivity index (χ3v) is 15.4. The van der Waals surface area contributed by atoms with E-state index >= 15 is 0 Å². The second kappa shape index (κ2) is 10.6. The van der Waals surface area contributed by atoms with E-state index in [1.165, 1.54) is 32.0 Å². The molecule has 0 aliphatic heterocycles. The predicted molar refractivity (Wildman–Crippen MR) is 157 cm³/mol. The van der Waals surface area contributed by atoms with Crippen molar-refractivity contribution in [2.45, 2.75) is 83.2 Å². The van der Waals surface area contributed by atoms with Crippen LogP contribution in [0.1, 0.15) is 53.4 Å². The maximum absolute atomic E-state index is 14.3. The van der Waals surface area contributed by atoms with Gasteiger partial charge in [0.05, 0.1) is 19.9 Å². The number of fused-ring (bicyclic) bond motifs is 3. The molecule has 6 atom stereocenters. The maximum atomic E-state index is 14.3. The number of ether oxygens (including phenoxy) is 3. The predicted octanol–water partition coefficient (Wildman–Crippen LogP) is 4.50. The van der Waals surface area contributed by atoms with E-state index in [1.807, 2.05) is 18.2 Å². The Bertz CT molecular complexity index is 1450. The smallest absolute Gasteiger partial charge is 0.307 e. The van der Waals surface area contributed by atoms with Gasteiger partial charge in [-0.05, 0) is 30.4 Å². The van der Waals surface area contributed by atoms with Gasteiger partial charge in [-0.25, -0.2) is 0 Å². The Hall–Kier alpha value is -3.59. The van der Waals surface area contributed by atoms with Crippen LogP contribution in [-0.2, 0) is 38.2 Å². The summed E-state index contributed by atoms with van der Waals surface area (Å²) >= 11 is 0. The summed E-state index contributed by atoms with van der Waals surface area (Å²) in [6.07, 6.45) is 5.42. The van der Waals surface area contributed by atoms with Gasteiger partial charge in [-0.15, -0.1) is 0 Å². The summed E-state index contributed by atoms with van der Waals surface area (Å²) in [5.41, 5.74) is -0.685. The van der Waals surface area contributed by atoms with Gasteiger partial charge >= 0.3 is 17.9 Å². The molecule has 6 unspecified atom stereocenters. The standard InChI is InChI=1S/C33H38O8Si/c1-19(34)39-26-14-10-13-23-29(26)31(38)24-17-27(40-20(2)35)33(41-21(3)36)18-32(4,16-15-25(33)28(24)30(23)37)42(5,6)22-11-8-7-9-12-22/h7-14,23,25,27,29H,15-18H2,1-6H3. The van der Waals surface area contributed by atoms with Crippen molar-refractivity contribution >= 4 is 42.7 Å². The monoisotopic (exact) mass is 590 g/mol. The molecule has 0 saturated heterocycles. The first-order valence-electron chi connectivity index (χ1n) is 14.5. The lowest BCUT2D eigenvalue weighted by molar-refractivity contribution is -0.204. The molecule has 8 nitrogen and oxygen atoms in total. The van der Waals surface area contributed by atoms with Crippen LogP contribution in [0.4, 0.5) is 0 Å². The highest BCUT2D eigenvalue weighted by Gasteiger charge is 2.66. The van der Waals surface area contributed by atoms with Gasteiger partial charge in [-0.1, -0.05) is 67.7 Å². The zero-order valence-corrected chi connectivity index (χ0v) is 26.0. The quantitative estimate of drug-likeness (QED) is 0.280. The van der Waals surface area contributed by atoms with Gasteiger partial charge in [0, 0.05) is 44.3 Å². The molecule has 0 spiro atoms. The first-order valence-corrected chi connectivity index (χ1v) is 17.5. The maximum Gasteiger partial charge on any atom is 0.307 e. The van der Waals surface area contributed by atoms with Gasteiger partial charge in [0.2, 0.25) is 0 Å². The molecule has 0 aromatic heterocycles. The molecule has 0 N–H and O–H groups in total. The average Bonchev–Trinajstić information content (AvgIpc) is 2.91. The Balaban J connectivity index is 1.66. The number of hydrogen-bond donors (Lipinski definition) is 0. The highest BCUT2D eigenvalue weighted by Crippen LogP contribution is 2.62. The number of hydrogen-bond acceptors (Lipinski definition) is 8.